The second-order valence-electron chi connectivity index (χ2n) is 2.86. The van der Waals surface area contributed by atoms with Crippen molar-refractivity contribution in [3.63, 3.8) is 0 Å². The molecule has 0 bridgehead atoms. The van der Waals surface area contributed by atoms with Crippen LogP contribution < -0.4 is 14.2 Å². The maximum atomic E-state index is 11.0. The number of carbonyl (C=O) groups excluding carboxylic acids is 1. The predicted octanol–water partition coefficient (Wildman–Crippen LogP) is 2.32. The largest absolute Gasteiger partial charge is 0.493 e. The second kappa shape index (κ2) is 3.47. The Morgan fingerprint density at radius 1 is 1.47 bits per heavy atom. The van der Waals surface area contributed by atoms with E-state index < -0.39 is 5.24 Å². The normalized spacial score (nSPS) is 12.8. The van der Waals surface area contributed by atoms with Crippen molar-refractivity contribution < 1.29 is 19.0 Å². The highest BCUT2D eigenvalue weighted by Gasteiger charge is 2.24. The van der Waals surface area contributed by atoms with E-state index in [9.17, 15) is 4.79 Å². The molecule has 0 radical (unpaired) electrons. The van der Waals surface area contributed by atoms with Gasteiger partial charge in [-0.05, 0) is 30.3 Å². The molecule has 2 rings (SSSR count). The Kier molecular flexibility index (Phi) is 2.28. The van der Waals surface area contributed by atoms with Gasteiger partial charge in [0.25, 0.3) is 11.2 Å². The molecule has 0 amide bonds. The van der Waals surface area contributed by atoms with Crippen LogP contribution in [0.2, 0.25) is 0 Å². The van der Waals surface area contributed by atoms with E-state index in [0.717, 1.165) is 0 Å². The number of rotatable bonds is 2. The summed E-state index contributed by atoms with van der Waals surface area (Å²) in [5, 5.41) is -0.586. The summed E-state index contributed by atoms with van der Waals surface area (Å²) in [6, 6.07) is 2.96. The van der Waals surface area contributed by atoms with Crippen LogP contribution in [0.5, 0.6) is 17.2 Å². The van der Waals surface area contributed by atoms with Crippen LogP contribution in [0.1, 0.15) is 10.4 Å². The maximum absolute atomic E-state index is 11.0. The molecule has 0 fully saturated rings. The summed E-state index contributed by atoms with van der Waals surface area (Å²) < 4.78 is 15.3. The van der Waals surface area contributed by atoms with Gasteiger partial charge in [0.05, 0.1) is 7.11 Å². The zero-order valence-electron chi connectivity index (χ0n) is 7.87. The molecule has 0 unspecified atom stereocenters. The van der Waals surface area contributed by atoms with Gasteiger partial charge in [0.2, 0.25) is 5.75 Å². The van der Waals surface area contributed by atoms with E-state index in [2.05, 4.69) is 6.58 Å². The average molecular weight is 227 g/mol. The first-order valence-corrected chi connectivity index (χ1v) is 4.46. The van der Waals surface area contributed by atoms with Gasteiger partial charge in [-0.2, -0.15) is 0 Å². The molecule has 0 aromatic heterocycles. The fraction of sp³-hybridized carbons (Fsp3) is 0.100. The number of benzene rings is 1. The van der Waals surface area contributed by atoms with Crippen LogP contribution >= 0.6 is 11.6 Å². The molecule has 0 spiro atoms. The number of fused-ring (bicyclic) bond motifs is 1. The number of hydrogen-bond donors (Lipinski definition) is 0. The van der Waals surface area contributed by atoms with Crippen molar-refractivity contribution in [2.45, 2.75) is 0 Å². The van der Waals surface area contributed by atoms with E-state index >= 15 is 0 Å². The fourth-order valence-corrected chi connectivity index (χ4v) is 1.38. The van der Waals surface area contributed by atoms with Gasteiger partial charge >= 0.3 is 0 Å². The molecule has 78 valence electrons. The Bertz CT molecular complexity index is 453. The van der Waals surface area contributed by atoms with Gasteiger partial charge in [-0.25, -0.2) is 0 Å². The molecule has 0 N–H and O–H groups in total. The van der Waals surface area contributed by atoms with Crippen molar-refractivity contribution in [3.05, 3.63) is 30.2 Å². The van der Waals surface area contributed by atoms with Crippen molar-refractivity contribution in [2.24, 2.45) is 0 Å². The lowest BCUT2D eigenvalue weighted by molar-refractivity contribution is 0.108. The monoisotopic (exact) mass is 226 g/mol. The quantitative estimate of drug-likeness (QED) is 0.726. The summed E-state index contributed by atoms with van der Waals surface area (Å²) >= 11 is 5.36. The highest BCUT2D eigenvalue weighted by atomic mass is 35.5. The molecule has 5 heteroatoms. The van der Waals surface area contributed by atoms with Crippen LogP contribution in [0.4, 0.5) is 0 Å². The minimum atomic E-state index is -0.586. The minimum absolute atomic E-state index is 0.141. The first kappa shape index (κ1) is 9.86. The smallest absolute Gasteiger partial charge is 0.283 e. The predicted molar refractivity (Wildman–Crippen MR) is 53.6 cm³/mol. The summed E-state index contributed by atoms with van der Waals surface area (Å²) in [6.45, 7) is 3.50. The van der Waals surface area contributed by atoms with Crippen LogP contribution in [-0.2, 0) is 0 Å². The number of ether oxygens (including phenoxy) is 3. The molecule has 0 atom stereocenters. The van der Waals surface area contributed by atoms with Crippen molar-refractivity contribution >= 4 is 16.8 Å². The first-order valence-electron chi connectivity index (χ1n) is 4.08. The van der Waals surface area contributed by atoms with Crippen LogP contribution in [-0.4, -0.2) is 12.4 Å². The number of carbonyl (C=O) groups is 1. The van der Waals surface area contributed by atoms with Crippen molar-refractivity contribution in [2.75, 3.05) is 7.11 Å². The standard InChI is InChI=1S/C10H7ClO4/c1-5-14-8-4-6(10(11)12)3-7(13-2)9(8)15-5/h3-4H,1H2,2H3. The molecule has 0 aliphatic carbocycles. The van der Waals surface area contributed by atoms with Crippen LogP contribution in [0.25, 0.3) is 0 Å². The molecule has 4 nitrogen and oxygen atoms in total. The molecule has 1 aromatic rings. The van der Waals surface area contributed by atoms with Gasteiger partial charge in [-0.3, -0.25) is 4.79 Å². The molecule has 1 aromatic carbocycles. The van der Waals surface area contributed by atoms with Gasteiger partial charge in [-0.1, -0.05) is 0 Å². The summed E-state index contributed by atoms with van der Waals surface area (Å²) in [4.78, 5) is 11.0. The van der Waals surface area contributed by atoms with E-state index in [1.807, 2.05) is 0 Å². The Morgan fingerprint density at radius 2 is 2.20 bits per heavy atom. The molecule has 1 aliphatic heterocycles. The first-order chi connectivity index (χ1) is 7.11. The summed E-state index contributed by atoms with van der Waals surface area (Å²) in [5.41, 5.74) is 0.283. The molecular formula is C10H7ClO4. The molecule has 0 saturated carbocycles. The number of halogens is 1. The highest BCUT2D eigenvalue weighted by Crippen LogP contribution is 2.44. The zero-order chi connectivity index (χ0) is 11.0. The third-order valence-electron chi connectivity index (χ3n) is 1.91. The van der Waals surface area contributed by atoms with E-state index in [1.54, 1.807) is 0 Å². The third kappa shape index (κ3) is 1.64. The average Bonchev–Trinajstić information content (AvgIpc) is 2.56. The molecule has 1 heterocycles. The Labute approximate surface area is 91.0 Å². The molecule has 0 saturated heterocycles. The molecular weight excluding hydrogens is 220 g/mol. The lowest BCUT2D eigenvalue weighted by Gasteiger charge is -2.04. The summed E-state index contributed by atoms with van der Waals surface area (Å²) in [6.07, 6.45) is 0. The van der Waals surface area contributed by atoms with Crippen LogP contribution in [0, 0.1) is 0 Å². The molecule has 1 aliphatic rings. The highest BCUT2D eigenvalue weighted by molar-refractivity contribution is 6.67. The second-order valence-corrected chi connectivity index (χ2v) is 3.20. The Hall–Kier alpha value is -1.68. The number of hydrogen-bond acceptors (Lipinski definition) is 4. The molecule has 15 heavy (non-hydrogen) atoms. The zero-order valence-corrected chi connectivity index (χ0v) is 8.63. The van der Waals surface area contributed by atoms with E-state index in [0.29, 0.717) is 17.2 Å². The summed E-state index contributed by atoms with van der Waals surface area (Å²) in [5.74, 6) is 1.31. The van der Waals surface area contributed by atoms with Crippen molar-refractivity contribution in [3.8, 4) is 17.2 Å². The minimum Gasteiger partial charge on any atom is -0.493 e. The lowest BCUT2D eigenvalue weighted by atomic mass is 10.2. The van der Waals surface area contributed by atoms with Gasteiger partial charge in [0.1, 0.15) is 0 Å². The van der Waals surface area contributed by atoms with Gasteiger partial charge < -0.3 is 14.2 Å². The maximum Gasteiger partial charge on any atom is 0.283 e. The van der Waals surface area contributed by atoms with Crippen LogP contribution in [0.15, 0.2) is 24.7 Å². The third-order valence-corrected chi connectivity index (χ3v) is 2.13. The van der Waals surface area contributed by atoms with Crippen molar-refractivity contribution in [1.82, 2.24) is 0 Å². The Balaban J connectivity index is 2.56. The van der Waals surface area contributed by atoms with E-state index in [4.69, 9.17) is 25.8 Å². The SMILES string of the molecule is C=C1Oc2cc(C(=O)Cl)cc(OC)c2O1. The number of methoxy groups -OCH3 is 1. The van der Waals surface area contributed by atoms with Crippen LogP contribution in [0.3, 0.4) is 0 Å². The van der Waals surface area contributed by atoms with E-state index in [-0.39, 0.29) is 11.5 Å². The van der Waals surface area contributed by atoms with Gasteiger partial charge in [-0.15, -0.1) is 0 Å². The van der Waals surface area contributed by atoms with Crippen molar-refractivity contribution in [1.29, 1.82) is 0 Å². The lowest BCUT2D eigenvalue weighted by Crippen LogP contribution is -1.92. The van der Waals surface area contributed by atoms with Gasteiger partial charge in [0, 0.05) is 5.56 Å². The summed E-state index contributed by atoms with van der Waals surface area (Å²) in [7, 11) is 1.46. The van der Waals surface area contributed by atoms with E-state index in [1.165, 1.54) is 19.2 Å². The van der Waals surface area contributed by atoms with Gasteiger partial charge in [0.15, 0.2) is 11.5 Å². The Morgan fingerprint density at radius 3 is 2.80 bits per heavy atom. The topological polar surface area (TPSA) is 44.8 Å². The fourth-order valence-electron chi connectivity index (χ4n) is 1.28.